The molecule has 1 heterocycles. The van der Waals surface area contributed by atoms with Gasteiger partial charge in [-0.2, -0.15) is 0 Å². The minimum absolute atomic E-state index is 0.0222. The van der Waals surface area contributed by atoms with Gasteiger partial charge in [-0.15, -0.1) is 0 Å². The molecule has 1 saturated heterocycles. The molecule has 1 aliphatic heterocycles. The number of aliphatic hydroxyl groups is 2. The van der Waals surface area contributed by atoms with Crippen molar-refractivity contribution in [1.29, 1.82) is 0 Å². The second kappa shape index (κ2) is 43.3. The van der Waals surface area contributed by atoms with Crippen LogP contribution in [-0.4, -0.2) is 192 Å². The lowest BCUT2D eigenvalue weighted by atomic mass is 10.0. The third kappa shape index (κ3) is 27.2. The topological polar surface area (TPSA) is 406 Å². The fraction of sp³-hybridized carbons (Fsp3) is 0.452. The van der Waals surface area contributed by atoms with Crippen molar-refractivity contribution in [2.75, 3.05) is 109 Å². The highest BCUT2D eigenvalue weighted by Crippen LogP contribution is 2.37. The van der Waals surface area contributed by atoms with E-state index in [9.17, 15) is 58.2 Å². The van der Waals surface area contributed by atoms with Crippen molar-refractivity contribution < 1.29 is 101 Å². The maximum absolute atomic E-state index is 14.3. The van der Waals surface area contributed by atoms with Crippen LogP contribution in [0.15, 0.2) is 110 Å². The monoisotopic (exact) mass is 1450 g/mol. The van der Waals surface area contributed by atoms with E-state index >= 15 is 0 Å². The summed E-state index contributed by atoms with van der Waals surface area (Å²) in [7, 11) is 4.25. The van der Waals surface area contributed by atoms with Crippen LogP contribution in [0.25, 0.3) is 0 Å². The number of aliphatic hydroxyl groups excluding tert-OH is 2. The van der Waals surface area contributed by atoms with E-state index in [1.165, 1.54) is 70.4 Å². The van der Waals surface area contributed by atoms with Gasteiger partial charge in [-0.05, 0) is 92.5 Å². The molecule has 2 unspecified atom stereocenters. The standard InChI is InChI=1S/C73H98N10O21/c1-13-27-102-73(95)82-64(44(4)5)69(91)76-48(9)66(88)78-52-23-19-50(20-24-52)42-104-72(94)80-57-37-61(59(98-12)35-55(57)70(92)83-39-46(7)33-53(83)40-85)101-29-15-28-100-60-36-56(54(34-58(60)97-11)67(89)74-38-45(6)16-14-26-84)79-71(93)103-41-49-17-21-51(22-18-49)77-65(87)47(8)75-68(90)63(43(2)3)81-62(86)25-30-99-32-31-96-10/h13,17-24,34-37,43-44,47-48,53,63-64,84-85H,1,6-7,14-16,25-33,38-42H2,2-5,8-12H3,(H,74,89)(H,75,90)(H,76,91)(H,77,87)(H,78,88)(H,79,93)(H,80,94)(H,81,86)(H,82,95)/t47?,48?,53-,63-,64-/m0/s1. The SMILES string of the molecule is C=CCOC(=O)N[C@H](C(=O)NC(C)C(=O)Nc1ccc(COC(=O)Nc2cc(OCCCOc3cc(NC(=O)OCc4ccc(NC(=O)C(C)NC(=O)[C@@H](NC(=O)CCOCCOC)C(C)C)cc4)c(C(=O)NCC(=C)CCCO)cc3OC)c(OC)cc2C(=O)N2CC(=C)C[C@H]2CO)cc1)C(C)C. The Bertz CT molecular complexity index is 3620. The van der Waals surface area contributed by atoms with Crippen molar-refractivity contribution in [1.82, 2.24) is 31.5 Å². The summed E-state index contributed by atoms with van der Waals surface area (Å²) in [6.45, 7) is 21.4. The zero-order valence-electron chi connectivity index (χ0n) is 60.3. The van der Waals surface area contributed by atoms with E-state index in [2.05, 4.69) is 67.6 Å². The van der Waals surface area contributed by atoms with E-state index in [1.807, 2.05) is 0 Å². The molecular formula is C73H98N10O21. The molecule has 5 atom stereocenters. The molecule has 0 bridgehead atoms. The summed E-state index contributed by atoms with van der Waals surface area (Å²) in [5.41, 5.74) is 2.98. The smallest absolute Gasteiger partial charge is 0.411 e. The van der Waals surface area contributed by atoms with Crippen molar-refractivity contribution in [3.63, 3.8) is 0 Å². The van der Waals surface area contributed by atoms with E-state index < -0.39 is 83.9 Å². The molecule has 4 aromatic rings. The van der Waals surface area contributed by atoms with Crippen LogP contribution >= 0.6 is 0 Å². The van der Waals surface area contributed by atoms with Gasteiger partial charge >= 0.3 is 18.3 Å². The van der Waals surface area contributed by atoms with Crippen LogP contribution in [0.3, 0.4) is 0 Å². The number of anilines is 4. The first-order valence-electron chi connectivity index (χ1n) is 33.7. The Morgan fingerprint density at radius 1 is 0.577 bits per heavy atom. The quantitative estimate of drug-likeness (QED) is 0.0122. The van der Waals surface area contributed by atoms with Crippen LogP contribution in [0.4, 0.5) is 37.1 Å². The lowest BCUT2D eigenvalue weighted by molar-refractivity contribution is -0.132. The number of rotatable bonds is 42. The molecule has 104 heavy (non-hydrogen) atoms. The number of amides is 10. The number of carbonyl (C=O) groups excluding carboxylic acids is 10. The minimum atomic E-state index is -1.01. The third-order valence-electron chi connectivity index (χ3n) is 15.8. The molecule has 0 spiro atoms. The lowest BCUT2D eigenvalue weighted by Crippen LogP contribution is -2.53. The second-order valence-electron chi connectivity index (χ2n) is 24.8. The maximum Gasteiger partial charge on any atom is 0.411 e. The summed E-state index contributed by atoms with van der Waals surface area (Å²) in [4.78, 5) is 134. The number of nitrogens with zero attached hydrogens (tertiary/aromatic N) is 1. The van der Waals surface area contributed by atoms with Crippen LogP contribution in [0, 0.1) is 11.8 Å². The molecule has 31 nitrogen and oxygen atoms in total. The minimum Gasteiger partial charge on any atom is -0.493 e. The van der Waals surface area contributed by atoms with Gasteiger partial charge in [-0.25, -0.2) is 14.4 Å². The Labute approximate surface area is 604 Å². The van der Waals surface area contributed by atoms with E-state index in [1.54, 1.807) is 76.2 Å². The van der Waals surface area contributed by atoms with Crippen molar-refractivity contribution in [2.24, 2.45) is 11.8 Å². The van der Waals surface area contributed by atoms with E-state index in [-0.39, 0.29) is 142 Å². The molecule has 10 amide bonds. The number of alkyl carbamates (subject to hydrolysis) is 1. The number of ether oxygens (including phenoxy) is 9. The molecule has 0 saturated carbocycles. The molecule has 0 radical (unpaired) electrons. The first kappa shape index (κ1) is 83.9. The predicted octanol–water partition coefficient (Wildman–Crippen LogP) is 6.89. The van der Waals surface area contributed by atoms with Crippen molar-refractivity contribution in [2.45, 2.75) is 117 Å². The average molecular weight is 1450 g/mol. The van der Waals surface area contributed by atoms with Crippen molar-refractivity contribution in [3.05, 3.63) is 132 Å². The van der Waals surface area contributed by atoms with Crippen LogP contribution in [-0.2, 0) is 60.9 Å². The van der Waals surface area contributed by atoms with Crippen molar-refractivity contribution >= 4 is 82.4 Å². The highest BCUT2D eigenvalue weighted by Gasteiger charge is 2.34. The third-order valence-corrected chi connectivity index (χ3v) is 15.8. The molecule has 11 N–H and O–H groups in total. The zero-order chi connectivity index (χ0) is 76.4. The van der Waals surface area contributed by atoms with Gasteiger partial charge < -0.3 is 95.0 Å². The maximum atomic E-state index is 14.3. The summed E-state index contributed by atoms with van der Waals surface area (Å²) in [5, 5.41) is 43.5. The number of likely N-dealkylation sites (tertiary alicyclic amines) is 1. The molecule has 0 aromatic heterocycles. The number of benzene rings is 4. The molecule has 31 heteroatoms. The number of hydrogen-bond donors (Lipinski definition) is 11. The van der Waals surface area contributed by atoms with Gasteiger partial charge in [0.1, 0.15) is 44.0 Å². The number of methoxy groups -OCH3 is 3. The van der Waals surface area contributed by atoms with Gasteiger partial charge in [0.15, 0.2) is 23.0 Å². The lowest BCUT2D eigenvalue weighted by Gasteiger charge is -2.25. The van der Waals surface area contributed by atoms with Crippen molar-refractivity contribution in [3.8, 4) is 23.0 Å². The van der Waals surface area contributed by atoms with Gasteiger partial charge in [0.25, 0.3) is 11.8 Å². The average Bonchev–Trinajstić information content (AvgIpc) is 1.38. The molecule has 0 aliphatic carbocycles. The summed E-state index contributed by atoms with van der Waals surface area (Å²) in [5.74, 6) is -4.02. The number of carbonyl (C=O) groups is 10. The van der Waals surface area contributed by atoms with Gasteiger partial charge in [0.05, 0.1) is 82.4 Å². The Kier molecular flexibility index (Phi) is 34.9. The fourth-order valence-corrected chi connectivity index (χ4v) is 10.0. The van der Waals surface area contributed by atoms with Crippen LogP contribution in [0.2, 0.25) is 0 Å². The fourth-order valence-electron chi connectivity index (χ4n) is 10.0. The van der Waals surface area contributed by atoms with E-state index in [4.69, 9.17) is 42.6 Å². The van der Waals surface area contributed by atoms with Gasteiger partial charge in [0, 0.05) is 63.2 Å². The normalized spacial score (nSPS) is 13.5. The van der Waals surface area contributed by atoms with E-state index in [0.29, 0.717) is 66.1 Å². The van der Waals surface area contributed by atoms with Crippen LogP contribution < -0.4 is 66.8 Å². The molecule has 4 aromatic carbocycles. The summed E-state index contributed by atoms with van der Waals surface area (Å²) < 4.78 is 50.0. The number of nitrogens with one attached hydrogen (secondary N) is 9. The Morgan fingerprint density at radius 3 is 1.57 bits per heavy atom. The largest absolute Gasteiger partial charge is 0.493 e. The number of hydrogen-bond acceptors (Lipinski definition) is 21. The van der Waals surface area contributed by atoms with Crippen LogP contribution in [0.5, 0.6) is 23.0 Å². The highest BCUT2D eigenvalue weighted by atomic mass is 16.6. The summed E-state index contributed by atoms with van der Waals surface area (Å²) in [6.07, 6.45) is 0.0800. The predicted molar refractivity (Wildman–Crippen MR) is 385 cm³/mol. The second-order valence-corrected chi connectivity index (χ2v) is 24.8. The Hall–Kier alpha value is -10.8. The van der Waals surface area contributed by atoms with Gasteiger partial charge in [0.2, 0.25) is 29.5 Å². The molecular weight excluding hydrogens is 1350 g/mol. The Morgan fingerprint density at radius 2 is 1.09 bits per heavy atom. The molecule has 1 fully saturated rings. The molecule has 566 valence electrons. The summed E-state index contributed by atoms with van der Waals surface area (Å²) >= 11 is 0. The first-order chi connectivity index (χ1) is 49.7. The molecule has 5 rings (SSSR count). The molecule has 1 aliphatic rings. The van der Waals surface area contributed by atoms with Gasteiger partial charge in [-0.3, -0.25) is 44.2 Å². The highest BCUT2D eigenvalue weighted by molar-refractivity contribution is 6.05. The van der Waals surface area contributed by atoms with E-state index in [0.717, 1.165) is 0 Å². The Balaban J connectivity index is 1.24. The first-order valence-corrected chi connectivity index (χ1v) is 33.7. The summed E-state index contributed by atoms with van der Waals surface area (Å²) in [6, 6.07) is 13.7. The van der Waals surface area contributed by atoms with Crippen LogP contribution in [0.1, 0.15) is 105 Å². The van der Waals surface area contributed by atoms with Gasteiger partial charge in [-0.1, -0.05) is 88.9 Å². The zero-order valence-corrected chi connectivity index (χ0v) is 60.3.